The van der Waals surface area contributed by atoms with Crippen LogP contribution in [0.2, 0.25) is 0 Å². The van der Waals surface area contributed by atoms with Crippen LogP contribution < -0.4 is 5.32 Å². The lowest BCUT2D eigenvalue weighted by Gasteiger charge is -2.17. The molecule has 122 valence electrons. The van der Waals surface area contributed by atoms with Crippen molar-refractivity contribution in [1.82, 2.24) is 14.6 Å². The van der Waals surface area contributed by atoms with Crippen LogP contribution in [0.5, 0.6) is 0 Å². The number of hydrogen-bond acceptors (Lipinski definition) is 5. The monoisotopic (exact) mass is 333 g/mol. The number of nitrogens with zero attached hydrogens (tertiary/aromatic N) is 2. The summed E-state index contributed by atoms with van der Waals surface area (Å²) >= 11 is 1.73. The van der Waals surface area contributed by atoms with Crippen LogP contribution in [-0.2, 0) is 22.0 Å². The number of thiazole rings is 1. The molecule has 1 aromatic rings. The first-order valence-corrected chi connectivity index (χ1v) is 9.92. The van der Waals surface area contributed by atoms with Crippen LogP contribution in [-0.4, -0.2) is 43.6 Å². The van der Waals surface area contributed by atoms with Crippen molar-refractivity contribution in [2.24, 2.45) is 0 Å². The van der Waals surface area contributed by atoms with Crippen LogP contribution in [0.1, 0.15) is 44.0 Å². The Morgan fingerprint density at radius 2 is 2.05 bits per heavy atom. The maximum atomic E-state index is 11.4. The van der Waals surface area contributed by atoms with Crippen LogP contribution in [0.25, 0.3) is 0 Å². The van der Waals surface area contributed by atoms with E-state index in [2.05, 4.69) is 31.1 Å². The van der Waals surface area contributed by atoms with Crippen LogP contribution >= 0.6 is 11.3 Å². The highest BCUT2D eigenvalue weighted by Crippen LogP contribution is 2.26. The van der Waals surface area contributed by atoms with Crippen molar-refractivity contribution in [3.05, 3.63) is 16.1 Å². The van der Waals surface area contributed by atoms with Crippen LogP contribution in [0.4, 0.5) is 0 Å². The van der Waals surface area contributed by atoms with Gasteiger partial charge in [0.15, 0.2) is 0 Å². The molecule has 0 aliphatic rings. The van der Waals surface area contributed by atoms with Crippen molar-refractivity contribution in [2.45, 2.75) is 46.1 Å². The summed E-state index contributed by atoms with van der Waals surface area (Å²) in [6, 6.07) is 0. The summed E-state index contributed by atoms with van der Waals surface area (Å²) in [5, 5.41) is 4.49. The normalized spacial score (nSPS) is 13.0. The van der Waals surface area contributed by atoms with E-state index in [-0.39, 0.29) is 5.41 Å². The third kappa shape index (κ3) is 6.42. The minimum atomic E-state index is -3.07. The van der Waals surface area contributed by atoms with Crippen LogP contribution in [0, 0.1) is 0 Å². The smallest absolute Gasteiger partial charge is 0.211 e. The lowest BCUT2D eigenvalue weighted by atomic mass is 9.98. The van der Waals surface area contributed by atoms with E-state index in [9.17, 15) is 8.42 Å². The van der Waals surface area contributed by atoms with E-state index >= 15 is 0 Å². The van der Waals surface area contributed by atoms with Crippen molar-refractivity contribution in [3.63, 3.8) is 0 Å². The molecule has 0 unspecified atom stereocenters. The number of sulfonamides is 1. The van der Waals surface area contributed by atoms with Gasteiger partial charge < -0.3 is 5.32 Å². The van der Waals surface area contributed by atoms with Gasteiger partial charge in [0.05, 0.1) is 11.3 Å². The fourth-order valence-electron chi connectivity index (χ4n) is 1.89. The van der Waals surface area contributed by atoms with Gasteiger partial charge in [-0.05, 0) is 13.0 Å². The largest absolute Gasteiger partial charge is 0.312 e. The zero-order valence-electron chi connectivity index (χ0n) is 13.6. The van der Waals surface area contributed by atoms with Crippen molar-refractivity contribution in [1.29, 1.82) is 0 Å². The highest BCUT2D eigenvalue weighted by atomic mass is 32.2. The van der Waals surface area contributed by atoms with Crippen molar-refractivity contribution in [2.75, 3.05) is 25.9 Å². The van der Waals surface area contributed by atoms with E-state index in [4.69, 9.17) is 0 Å². The Hall–Kier alpha value is -0.500. The van der Waals surface area contributed by atoms with E-state index in [1.807, 2.05) is 13.1 Å². The Morgan fingerprint density at radius 1 is 1.38 bits per heavy atom. The van der Waals surface area contributed by atoms with Gasteiger partial charge >= 0.3 is 0 Å². The first-order chi connectivity index (χ1) is 9.64. The van der Waals surface area contributed by atoms with Gasteiger partial charge in [0.1, 0.15) is 0 Å². The average Bonchev–Trinajstić information content (AvgIpc) is 2.80. The van der Waals surface area contributed by atoms with Crippen molar-refractivity contribution < 1.29 is 8.42 Å². The maximum absolute atomic E-state index is 11.4. The van der Waals surface area contributed by atoms with E-state index in [1.165, 1.54) is 15.4 Å². The third-order valence-electron chi connectivity index (χ3n) is 3.08. The fraction of sp³-hybridized carbons (Fsp3) is 0.786. The van der Waals surface area contributed by atoms with Crippen molar-refractivity contribution >= 4 is 21.4 Å². The Kier molecular flexibility index (Phi) is 6.77. The molecule has 1 aromatic heterocycles. The molecular weight excluding hydrogens is 306 g/mol. The quantitative estimate of drug-likeness (QED) is 0.741. The van der Waals surface area contributed by atoms with Crippen LogP contribution in [0.15, 0.2) is 6.20 Å². The summed E-state index contributed by atoms with van der Waals surface area (Å²) in [4.78, 5) is 5.67. The molecule has 21 heavy (non-hydrogen) atoms. The number of aromatic nitrogens is 1. The lowest BCUT2D eigenvalue weighted by Crippen LogP contribution is -2.32. The molecule has 1 rings (SSSR count). The molecular formula is C14H27N3O2S2. The predicted molar refractivity (Wildman–Crippen MR) is 89.2 cm³/mol. The minimum Gasteiger partial charge on any atom is -0.312 e. The van der Waals surface area contributed by atoms with Gasteiger partial charge in [0.25, 0.3) is 0 Å². The van der Waals surface area contributed by atoms with Gasteiger partial charge in [-0.15, -0.1) is 11.3 Å². The summed E-state index contributed by atoms with van der Waals surface area (Å²) in [6.45, 7) is 11.0. The molecule has 7 heteroatoms. The third-order valence-corrected chi connectivity index (χ3v) is 5.88. The second-order valence-corrected chi connectivity index (χ2v) is 9.26. The molecule has 0 amide bonds. The Morgan fingerprint density at radius 3 is 2.52 bits per heavy atom. The number of rotatable bonds is 8. The summed E-state index contributed by atoms with van der Waals surface area (Å²) in [5.41, 5.74) is 0.0973. The summed E-state index contributed by atoms with van der Waals surface area (Å²) in [6.07, 6.45) is 3.99. The van der Waals surface area contributed by atoms with Gasteiger partial charge in [0.2, 0.25) is 10.0 Å². The molecule has 1 heterocycles. The molecule has 0 aliphatic carbocycles. The first-order valence-electron chi connectivity index (χ1n) is 7.25. The molecule has 0 spiro atoms. The zero-order chi connectivity index (χ0) is 16.1. The predicted octanol–water partition coefficient (Wildman–Crippen LogP) is 2.20. The van der Waals surface area contributed by atoms with Gasteiger partial charge in [-0.2, -0.15) is 0 Å². The summed E-state index contributed by atoms with van der Waals surface area (Å²) < 4.78 is 24.4. The molecule has 0 fully saturated rings. The second-order valence-electron chi connectivity index (χ2n) is 6.17. The van der Waals surface area contributed by atoms with E-state index < -0.39 is 10.0 Å². The van der Waals surface area contributed by atoms with E-state index in [0.29, 0.717) is 13.1 Å². The minimum absolute atomic E-state index is 0.0973. The van der Waals surface area contributed by atoms with Crippen molar-refractivity contribution in [3.8, 4) is 0 Å². The van der Waals surface area contributed by atoms with E-state index in [0.717, 1.165) is 24.5 Å². The SMILES string of the molecule is CCN(CCCNCc1cnc(C(C)(C)C)s1)S(C)(=O)=O. The summed E-state index contributed by atoms with van der Waals surface area (Å²) in [7, 11) is -3.07. The average molecular weight is 334 g/mol. The highest BCUT2D eigenvalue weighted by molar-refractivity contribution is 7.88. The van der Waals surface area contributed by atoms with Gasteiger partial charge in [-0.3, -0.25) is 0 Å². The highest BCUT2D eigenvalue weighted by Gasteiger charge is 2.17. The maximum Gasteiger partial charge on any atom is 0.211 e. The second kappa shape index (κ2) is 7.67. The van der Waals surface area contributed by atoms with E-state index in [1.54, 1.807) is 11.3 Å². The summed E-state index contributed by atoms with van der Waals surface area (Å²) in [5.74, 6) is 0. The topological polar surface area (TPSA) is 62.3 Å². The van der Waals surface area contributed by atoms with Crippen LogP contribution in [0.3, 0.4) is 0 Å². The Labute approximate surface area is 132 Å². The molecule has 0 aliphatic heterocycles. The lowest BCUT2D eigenvalue weighted by molar-refractivity contribution is 0.419. The Balaban J connectivity index is 2.30. The first kappa shape index (κ1) is 18.5. The number of hydrogen-bond donors (Lipinski definition) is 1. The van der Waals surface area contributed by atoms with Gasteiger partial charge in [-0.25, -0.2) is 17.7 Å². The molecule has 5 nitrogen and oxygen atoms in total. The van der Waals surface area contributed by atoms with Gasteiger partial charge in [-0.1, -0.05) is 27.7 Å². The molecule has 1 N–H and O–H groups in total. The zero-order valence-corrected chi connectivity index (χ0v) is 15.3. The molecule has 0 saturated heterocycles. The molecule has 0 aromatic carbocycles. The Bertz CT molecular complexity index is 533. The fourth-order valence-corrected chi connectivity index (χ4v) is 3.76. The van der Waals surface area contributed by atoms with Gasteiger partial charge in [0, 0.05) is 36.1 Å². The standard InChI is InChI=1S/C14H27N3O2S2/c1-6-17(21(5,18)19)9-7-8-15-10-12-11-16-13(20-12)14(2,3)4/h11,15H,6-10H2,1-5H3. The molecule has 0 radical (unpaired) electrons. The molecule has 0 saturated carbocycles. The number of nitrogens with one attached hydrogen (secondary N) is 1. The molecule has 0 bridgehead atoms. The molecule has 0 atom stereocenters.